The van der Waals surface area contributed by atoms with Crippen LogP contribution in [0.1, 0.15) is 31.7 Å². The van der Waals surface area contributed by atoms with Crippen LogP contribution in [-0.2, 0) is 9.59 Å². The number of aryl methyl sites for hydroxylation is 1. The first-order valence-electron chi connectivity index (χ1n) is 13.6. The fourth-order valence-electron chi connectivity index (χ4n) is 6.01. The van der Waals surface area contributed by atoms with Gasteiger partial charge in [0.2, 0.25) is 5.91 Å². The van der Waals surface area contributed by atoms with Crippen molar-refractivity contribution in [3.05, 3.63) is 64.7 Å². The highest BCUT2D eigenvalue weighted by atomic mass is 32.2. The molecular formula is C29H33N5O4S. The maximum Gasteiger partial charge on any atom is 0.326 e. The van der Waals surface area contributed by atoms with Crippen LogP contribution in [0, 0.1) is 12.8 Å². The minimum absolute atomic E-state index is 0.000723. The van der Waals surface area contributed by atoms with Crippen molar-refractivity contribution >= 4 is 35.3 Å². The zero-order chi connectivity index (χ0) is 27.1. The fourth-order valence-corrected chi connectivity index (χ4v) is 7.48. The van der Waals surface area contributed by atoms with Gasteiger partial charge in [-0.05, 0) is 62.2 Å². The molecule has 0 aromatic heterocycles. The van der Waals surface area contributed by atoms with Crippen molar-refractivity contribution in [1.29, 1.82) is 0 Å². The lowest BCUT2D eigenvalue weighted by Gasteiger charge is -2.46. The van der Waals surface area contributed by atoms with Crippen molar-refractivity contribution < 1.29 is 19.1 Å². The predicted molar refractivity (Wildman–Crippen MR) is 150 cm³/mol. The lowest BCUT2D eigenvalue weighted by molar-refractivity contribution is -0.126. The number of piperidine rings is 1. The van der Waals surface area contributed by atoms with E-state index >= 15 is 0 Å². The lowest BCUT2D eigenvalue weighted by atomic mass is 9.86. The average molecular weight is 548 g/mol. The van der Waals surface area contributed by atoms with Crippen LogP contribution in [0.25, 0.3) is 0 Å². The van der Waals surface area contributed by atoms with E-state index in [-0.39, 0.29) is 41.2 Å². The summed E-state index contributed by atoms with van der Waals surface area (Å²) in [6.07, 6.45) is 1.95. The van der Waals surface area contributed by atoms with Crippen LogP contribution in [0.4, 0.5) is 10.5 Å². The quantitative estimate of drug-likeness (QED) is 0.510. The highest BCUT2D eigenvalue weighted by molar-refractivity contribution is 8.04. The van der Waals surface area contributed by atoms with Gasteiger partial charge in [0, 0.05) is 42.9 Å². The number of amides is 4. The Morgan fingerprint density at radius 1 is 1.13 bits per heavy atom. The molecule has 0 spiro atoms. The summed E-state index contributed by atoms with van der Waals surface area (Å²) in [5, 5.41) is 9.67. The number of ether oxygens (including phenoxy) is 1. The molecule has 3 fully saturated rings. The molecule has 4 amide bonds. The molecule has 4 aliphatic rings. The van der Waals surface area contributed by atoms with Crippen molar-refractivity contribution in [1.82, 2.24) is 20.9 Å². The van der Waals surface area contributed by atoms with Crippen LogP contribution in [0.3, 0.4) is 0 Å². The Morgan fingerprint density at radius 2 is 1.95 bits per heavy atom. The van der Waals surface area contributed by atoms with E-state index in [9.17, 15) is 14.4 Å². The van der Waals surface area contributed by atoms with E-state index in [0.29, 0.717) is 30.2 Å². The SMILES string of the molecule is CCC(=O)N[C@H]1CCN(C(=O)C2=C3NC(=O)N(c4ccc(Oc5ccccc5)cc4C)C4CCNC(S2)C34)C1. The highest BCUT2D eigenvalue weighted by Crippen LogP contribution is 2.49. The van der Waals surface area contributed by atoms with E-state index in [1.165, 1.54) is 11.8 Å². The third-order valence-electron chi connectivity index (χ3n) is 7.90. The number of thioether (sulfide) groups is 1. The van der Waals surface area contributed by atoms with Crippen molar-refractivity contribution in [2.75, 3.05) is 24.5 Å². The van der Waals surface area contributed by atoms with Gasteiger partial charge in [-0.1, -0.05) is 36.9 Å². The summed E-state index contributed by atoms with van der Waals surface area (Å²) in [6.45, 7) is 5.66. The van der Waals surface area contributed by atoms with Gasteiger partial charge in [0.15, 0.2) is 0 Å². The van der Waals surface area contributed by atoms with Gasteiger partial charge >= 0.3 is 6.03 Å². The Hall–Kier alpha value is -3.50. The van der Waals surface area contributed by atoms with E-state index in [4.69, 9.17) is 4.74 Å². The zero-order valence-electron chi connectivity index (χ0n) is 22.1. The molecule has 4 heterocycles. The molecule has 10 heteroatoms. The normalized spacial score (nSPS) is 25.8. The molecule has 39 heavy (non-hydrogen) atoms. The first-order valence-corrected chi connectivity index (χ1v) is 14.5. The Bertz CT molecular complexity index is 1330. The maximum absolute atomic E-state index is 13.6. The number of para-hydroxylation sites is 1. The van der Waals surface area contributed by atoms with Gasteiger partial charge < -0.3 is 25.6 Å². The van der Waals surface area contributed by atoms with E-state index in [1.807, 2.05) is 67.3 Å². The van der Waals surface area contributed by atoms with E-state index in [1.54, 1.807) is 4.90 Å². The summed E-state index contributed by atoms with van der Waals surface area (Å²) >= 11 is 1.52. The topological polar surface area (TPSA) is 103 Å². The molecule has 4 atom stereocenters. The predicted octanol–water partition coefficient (Wildman–Crippen LogP) is 3.71. The number of nitrogens with zero attached hydrogens (tertiary/aromatic N) is 2. The molecule has 204 valence electrons. The molecule has 9 nitrogen and oxygen atoms in total. The van der Waals surface area contributed by atoms with Gasteiger partial charge in [-0.25, -0.2) is 4.79 Å². The molecule has 3 N–H and O–H groups in total. The summed E-state index contributed by atoms with van der Waals surface area (Å²) in [5.74, 6) is 1.39. The van der Waals surface area contributed by atoms with Crippen molar-refractivity contribution in [2.24, 2.45) is 5.92 Å². The molecule has 0 bridgehead atoms. The van der Waals surface area contributed by atoms with Gasteiger partial charge in [-0.3, -0.25) is 14.5 Å². The number of benzene rings is 2. The van der Waals surface area contributed by atoms with E-state index in [2.05, 4.69) is 16.0 Å². The molecule has 4 aliphatic heterocycles. The molecular weight excluding hydrogens is 514 g/mol. The Balaban J connectivity index is 1.23. The molecule has 3 unspecified atom stereocenters. The molecule has 6 rings (SSSR count). The van der Waals surface area contributed by atoms with Crippen LogP contribution in [0.5, 0.6) is 11.5 Å². The van der Waals surface area contributed by atoms with Crippen LogP contribution in [0.2, 0.25) is 0 Å². The van der Waals surface area contributed by atoms with Crippen molar-refractivity contribution in [3.8, 4) is 11.5 Å². The van der Waals surface area contributed by atoms with Crippen LogP contribution in [-0.4, -0.2) is 59.8 Å². The second-order valence-corrected chi connectivity index (χ2v) is 11.6. The molecule has 0 saturated carbocycles. The highest BCUT2D eigenvalue weighted by Gasteiger charge is 2.52. The van der Waals surface area contributed by atoms with Crippen molar-refractivity contribution in [3.63, 3.8) is 0 Å². The third kappa shape index (κ3) is 4.87. The number of anilines is 1. The van der Waals surface area contributed by atoms with E-state index < -0.39 is 0 Å². The molecule has 0 aliphatic carbocycles. The summed E-state index contributed by atoms with van der Waals surface area (Å²) in [5.41, 5.74) is 2.52. The molecule has 2 aromatic rings. The van der Waals surface area contributed by atoms with Gasteiger partial charge in [0.25, 0.3) is 5.91 Å². The number of nitrogens with one attached hydrogen (secondary N) is 3. The van der Waals surface area contributed by atoms with Gasteiger partial charge in [0.05, 0.1) is 16.3 Å². The number of urea groups is 1. The van der Waals surface area contributed by atoms with Crippen LogP contribution in [0.15, 0.2) is 59.1 Å². The number of rotatable bonds is 6. The standard InChI is InChI=1S/C29H33N5O4S/c1-3-23(35)31-18-12-14-33(16-18)28(36)26-25-24-22(11-13-30-27(24)39-26)34(29(37)32-25)21-10-9-20(15-17(21)2)38-19-7-5-4-6-8-19/h4-10,15,18,22,24,27,30H,3,11-14,16H2,1-2H3,(H,31,35)(H,32,37)/t18-,22?,24?,27?/m0/s1. The monoisotopic (exact) mass is 547 g/mol. The van der Waals surface area contributed by atoms with Gasteiger partial charge in [0.1, 0.15) is 11.5 Å². The summed E-state index contributed by atoms with van der Waals surface area (Å²) in [7, 11) is 0. The Labute approximate surface area is 232 Å². The number of carbonyl (C=O) groups excluding carboxylic acids is 3. The Kier molecular flexibility index (Phi) is 6.99. The molecule has 2 aromatic carbocycles. The maximum atomic E-state index is 13.6. The second kappa shape index (κ2) is 10.6. The first-order chi connectivity index (χ1) is 18.9. The first kappa shape index (κ1) is 25.8. The van der Waals surface area contributed by atoms with Gasteiger partial charge in [-0.2, -0.15) is 0 Å². The average Bonchev–Trinajstić information content (AvgIpc) is 3.55. The Morgan fingerprint density at radius 3 is 2.72 bits per heavy atom. The van der Waals surface area contributed by atoms with Crippen LogP contribution >= 0.6 is 11.8 Å². The van der Waals surface area contributed by atoms with Crippen LogP contribution < -0.4 is 25.6 Å². The fraction of sp³-hybridized carbons (Fsp3) is 0.414. The summed E-state index contributed by atoms with van der Waals surface area (Å²) in [4.78, 5) is 43.3. The minimum Gasteiger partial charge on any atom is -0.457 e. The smallest absolute Gasteiger partial charge is 0.326 e. The van der Waals surface area contributed by atoms with E-state index in [0.717, 1.165) is 42.1 Å². The third-order valence-corrected chi connectivity index (χ3v) is 9.25. The zero-order valence-corrected chi connectivity index (χ0v) is 22.9. The number of hydrogen-bond donors (Lipinski definition) is 3. The summed E-state index contributed by atoms with van der Waals surface area (Å²) < 4.78 is 6.00. The number of carbonyl (C=O) groups is 3. The summed E-state index contributed by atoms with van der Waals surface area (Å²) in [6, 6.07) is 15.1. The number of hydrogen-bond acceptors (Lipinski definition) is 6. The lowest BCUT2D eigenvalue weighted by Crippen LogP contribution is -2.62. The number of likely N-dealkylation sites (tertiary alicyclic amines) is 1. The molecule has 3 saturated heterocycles. The van der Waals surface area contributed by atoms with Crippen molar-refractivity contribution in [2.45, 2.75) is 50.6 Å². The largest absolute Gasteiger partial charge is 0.457 e. The van der Waals surface area contributed by atoms with Gasteiger partial charge in [-0.15, -0.1) is 0 Å². The second-order valence-electron chi connectivity index (χ2n) is 10.4. The molecule has 0 radical (unpaired) electrons. The minimum atomic E-state index is -0.214.